The molecule has 0 saturated carbocycles. The van der Waals surface area contributed by atoms with Crippen molar-refractivity contribution in [2.75, 3.05) is 11.9 Å². The lowest BCUT2D eigenvalue weighted by Crippen LogP contribution is -2.39. The monoisotopic (exact) mass is 288 g/mol. The van der Waals surface area contributed by atoms with Crippen LogP contribution >= 0.6 is 0 Å². The van der Waals surface area contributed by atoms with Gasteiger partial charge in [-0.1, -0.05) is 6.07 Å². The SMILES string of the molecule is CC(C)(C)OC(=O)NCC(O)Nc1c(F)cccc1F. The van der Waals surface area contributed by atoms with Crippen molar-refractivity contribution in [2.24, 2.45) is 0 Å². The van der Waals surface area contributed by atoms with E-state index in [0.717, 1.165) is 12.1 Å². The molecule has 0 aliphatic carbocycles. The van der Waals surface area contributed by atoms with Gasteiger partial charge in [0.1, 0.15) is 29.2 Å². The van der Waals surface area contributed by atoms with Crippen LogP contribution in [0.4, 0.5) is 19.3 Å². The highest BCUT2D eigenvalue weighted by atomic mass is 19.1. The molecule has 0 heterocycles. The maximum absolute atomic E-state index is 13.3. The van der Waals surface area contributed by atoms with Gasteiger partial charge in [-0.3, -0.25) is 0 Å². The number of anilines is 1. The molecule has 0 spiro atoms. The Bertz CT molecular complexity index is 455. The third-order valence-corrected chi connectivity index (χ3v) is 2.11. The van der Waals surface area contributed by atoms with E-state index < -0.39 is 35.2 Å². The van der Waals surface area contributed by atoms with Crippen LogP contribution in [-0.4, -0.2) is 29.6 Å². The van der Waals surface area contributed by atoms with Crippen LogP contribution < -0.4 is 10.6 Å². The van der Waals surface area contributed by atoms with Gasteiger partial charge in [0.05, 0.1) is 6.54 Å². The van der Waals surface area contributed by atoms with Gasteiger partial charge in [-0.25, -0.2) is 13.6 Å². The summed E-state index contributed by atoms with van der Waals surface area (Å²) in [7, 11) is 0. The zero-order valence-electron chi connectivity index (χ0n) is 11.5. The minimum atomic E-state index is -1.35. The predicted molar refractivity (Wildman–Crippen MR) is 70.2 cm³/mol. The van der Waals surface area contributed by atoms with Crippen LogP contribution in [0.25, 0.3) is 0 Å². The van der Waals surface area contributed by atoms with E-state index in [9.17, 15) is 18.7 Å². The van der Waals surface area contributed by atoms with E-state index in [1.165, 1.54) is 6.07 Å². The summed E-state index contributed by atoms with van der Waals surface area (Å²) in [4.78, 5) is 11.3. The van der Waals surface area contributed by atoms with Crippen molar-refractivity contribution in [3.05, 3.63) is 29.8 Å². The van der Waals surface area contributed by atoms with Gasteiger partial charge in [0.2, 0.25) is 0 Å². The smallest absolute Gasteiger partial charge is 0.407 e. The molecule has 0 aliphatic heterocycles. The van der Waals surface area contributed by atoms with Crippen LogP contribution in [0.2, 0.25) is 0 Å². The Kier molecular flexibility index (Phi) is 5.26. The van der Waals surface area contributed by atoms with Gasteiger partial charge in [-0.15, -0.1) is 0 Å². The number of rotatable bonds is 4. The maximum Gasteiger partial charge on any atom is 0.407 e. The number of nitrogens with one attached hydrogen (secondary N) is 2. The van der Waals surface area contributed by atoms with Gasteiger partial charge in [-0.05, 0) is 32.9 Å². The molecule has 112 valence electrons. The fourth-order valence-corrected chi connectivity index (χ4v) is 1.35. The molecule has 1 aromatic rings. The largest absolute Gasteiger partial charge is 0.444 e. The van der Waals surface area contributed by atoms with Crippen molar-refractivity contribution in [1.82, 2.24) is 5.32 Å². The number of hydrogen-bond donors (Lipinski definition) is 3. The van der Waals surface area contributed by atoms with E-state index in [-0.39, 0.29) is 6.54 Å². The van der Waals surface area contributed by atoms with E-state index in [0.29, 0.717) is 0 Å². The number of halogens is 2. The van der Waals surface area contributed by atoms with E-state index in [4.69, 9.17) is 4.74 Å². The molecular weight excluding hydrogens is 270 g/mol. The molecule has 0 bridgehead atoms. The van der Waals surface area contributed by atoms with E-state index in [1.807, 2.05) is 0 Å². The third kappa shape index (κ3) is 5.40. The topological polar surface area (TPSA) is 70.6 Å². The van der Waals surface area contributed by atoms with Crippen molar-refractivity contribution in [3.63, 3.8) is 0 Å². The highest BCUT2D eigenvalue weighted by Crippen LogP contribution is 2.18. The molecular formula is C13H18F2N2O3. The highest BCUT2D eigenvalue weighted by Gasteiger charge is 2.17. The summed E-state index contributed by atoms with van der Waals surface area (Å²) in [6.07, 6.45) is -2.08. The Labute approximate surface area is 115 Å². The van der Waals surface area contributed by atoms with E-state index in [2.05, 4.69) is 10.6 Å². The number of aliphatic hydroxyl groups is 1. The molecule has 20 heavy (non-hydrogen) atoms. The van der Waals surface area contributed by atoms with Crippen LogP contribution in [0.15, 0.2) is 18.2 Å². The molecule has 1 atom stereocenters. The minimum Gasteiger partial charge on any atom is -0.444 e. The second-order valence-corrected chi connectivity index (χ2v) is 5.14. The molecule has 0 aromatic heterocycles. The Hall–Kier alpha value is -1.89. The summed E-state index contributed by atoms with van der Waals surface area (Å²) in [6, 6.07) is 3.32. The highest BCUT2D eigenvalue weighted by molar-refractivity contribution is 5.67. The van der Waals surface area contributed by atoms with Crippen LogP contribution in [0, 0.1) is 11.6 Å². The molecule has 1 rings (SSSR count). The van der Waals surface area contributed by atoms with Gasteiger partial charge < -0.3 is 20.5 Å². The fourth-order valence-electron chi connectivity index (χ4n) is 1.35. The molecule has 1 unspecified atom stereocenters. The van der Waals surface area contributed by atoms with Crippen molar-refractivity contribution >= 4 is 11.8 Å². The molecule has 1 amide bonds. The first-order chi connectivity index (χ1) is 9.19. The summed E-state index contributed by atoms with van der Waals surface area (Å²) in [5, 5.41) is 14.1. The lowest BCUT2D eigenvalue weighted by atomic mass is 10.2. The van der Waals surface area contributed by atoms with E-state index >= 15 is 0 Å². The Morgan fingerprint density at radius 1 is 1.35 bits per heavy atom. The second-order valence-electron chi connectivity index (χ2n) is 5.14. The van der Waals surface area contributed by atoms with Crippen LogP contribution in [0.5, 0.6) is 0 Å². The Balaban J connectivity index is 2.48. The van der Waals surface area contributed by atoms with Crippen LogP contribution in [0.1, 0.15) is 20.8 Å². The first kappa shape index (κ1) is 16.2. The van der Waals surface area contributed by atoms with Gasteiger partial charge in [-0.2, -0.15) is 0 Å². The number of para-hydroxylation sites is 1. The van der Waals surface area contributed by atoms with Crippen LogP contribution in [0.3, 0.4) is 0 Å². The Morgan fingerprint density at radius 2 is 1.90 bits per heavy atom. The molecule has 0 saturated heterocycles. The molecule has 7 heteroatoms. The molecule has 0 aliphatic rings. The molecule has 3 N–H and O–H groups in total. The fraction of sp³-hybridized carbons (Fsp3) is 0.462. The first-order valence-corrected chi connectivity index (χ1v) is 6.04. The Morgan fingerprint density at radius 3 is 2.40 bits per heavy atom. The van der Waals surface area contributed by atoms with Crippen molar-refractivity contribution in [1.29, 1.82) is 0 Å². The van der Waals surface area contributed by atoms with Crippen molar-refractivity contribution in [2.45, 2.75) is 32.6 Å². The third-order valence-electron chi connectivity index (χ3n) is 2.11. The number of alkyl carbamates (subject to hydrolysis) is 1. The maximum atomic E-state index is 13.3. The number of carbonyl (C=O) groups is 1. The predicted octanol–water partition coefficient (Wildman–Crippen LogP) is 2.22. The van der Waals surface area contributed by atoms with Crippen LogP contribution in [-0.2, 0) is 4.74 Å². The lowest BCUT2D eigenvalue weighted by Gasteiger charge is -2.21. The summed E-state index contributed by atoms with van der Waals surface area (Å²) in [5.41, 5.74) is -1.12. The number of benzene rings is 1. The quantitative estimate of drug-likeness (QED) is 0.743. The van der Waals surface area contributed by atoms with Crippen molar-refractivity contribution < 1.29 is 23.4 Å². The summed E-state index contributed by atoms with van der Waals surface area (Å²) >= 11 is 0. The second kappa shape index (κ2) is 6.51. The molecule has 0 fully saturated rings. The summed E-state index contributed by atoms with van der Waals surface area (Å²) < 4.78 is 31.6. The zero-order chi connectivity index (χ0) is 15.3. The van der Waals surface area contributed by atoms with Gasteiger partial charge >= 0.3 is 6.09 Å². The molecule has 1 aromatic carbocycles. The van der Waals surface area contributed by atoms with E-state index in [1.54, 1.807) is 20.8 Å². The summed E-state index contributed by atoms with van der Waals surface area (Å²) in [6.45, 7) is 4.81. The number of aliphatic hydroxyl groups excluding tert-OH is 1. The standard InChI is InChI=1S/C13H18F2N2O3/c1-13(2,3)20-12(19)16-7-10(18)17-11-8(14)5-4-6-9(11)15/h4-6,10,17-18H,7H2,1-3H3,(H,16,19). The zero-order valence-corrected chi connectivity index (χ0v) is 11.5. The van der Waals surface area contributed by atoms with Gasteiger partial charge in [0.25, 0.3) is 0 Å². The van der Waals surface area contributed by atoms with Gasteiger partial charge in [0.15, 0.2) is 0 Å². The van der Waals surface area contributed by atoms with Gasteiger partial charge in [0, 0.05) is 0 Å². The number of carbonyl (C=O) groups excluding carboxylic acids is 1. The number of ether oxygens (including phenoxy) is 1. The number of hydrogen-bond acceptors (Lipinski definition) is 4. The molecule has 5 nitrogen and oxygen atoms in total. The molecule has 0 radical (unpaired) electrons. The summed E-state index contributed by atoms with van der Waals surface area (Å²) in [5.74, 6) is -1.66. The minimum absolute atomic E-state index is 0.261. The average molecular weight is 288 g/mol. The average Bonchev–Trinajstić information content (AvgIpc) is 2.29. The number of amides is 1. The van der Waals surface area contributed by atoms with Crippen molar-refractivity contribution in [3.8, 4) is 0 Å². The first-order valence-electron chi connectivity index (χ1n) is 6.04. The normalized spacial score (nSPS) is 12.7. The lowest BCUT2D eigenvalue weighted by molar-refractivity contribution is 0.0500.